The maximum absolute atomic E-state index is 11.1. The van der Waals surface area contributed by atoms with Crippen LogP contribution in [0.2, 0.25) is 0 Å². The van der Waals surface area contributed by atoms with Crippen molar-refractivity contribution >= 4 is 5.91 Å². The van der Waals surface area contributed by atoms with Crippen molar-refractivity contribution in [2.75, 3.05) is 20.7 Å². The van der Waals surface area contributed by atoms with E-state index in [1.54, 1.807) is 32.4 Å². The van der Waals surface area contributed by atoms with Crippen LogP contribution < -0.4 is 15.4 Å². The molecule has 3 N–H and O–H groups in total. The number of benzene rings is 1. The van der Waals surface area contributed by atoms with Gasteiger partial charge in [0, 0.05) is 24.7 Å². The summed E-state index contributed by atoms with van der Waals surface area (Å²) in [7, 11) is 3.13. The number of rotatable bonds is 5. The summed E-state index contributed by atoms with van der Waals surface area (Å²) in [6, 6.07) is 4.98. The molecule has 0 aliphatic carbocycles. The third kappa shape index (κ3) is 3.64. The molecule has 1 aromatic rings. The molecular formula is C12H18N2O3. The second-order valence-electron chi connectivity index (χ2n) is 3.70. The summed E-state index contributed by atoms with van der Waals surface area (Å²) in [6.07, 6.45) is 0. The Labute approximate surface area is 101 Å². The monoisotopic (exact) mass is 238 g/mol. The first-order valence-corrected chi connectivity index (χ1v) is 5.39. The van der Waals surface area contributed by atoms with Crippen LogP contribution in [0.1, 0.15) is 18.5 Å². The van der Waals surface area contributed by atoms with Crippen LogP contribution in [-0.4, -0.2) is 31.7 Å². The summed E-state index contributed by atoms with van der Waals surface area (Å²) in [5.74, 6) is 0.663. The van der Waals surface area contributed by atoms with E-state index >= 15 is 0 Å². The first-order valence-electron chi connectivity index (χ1n) is 5.39. The summed E-state index contributed by atoms with van der Waals surface area (Å²) < 4.78 is 5.00. The van der Waals surface area contributed by atoms with E-state index in [4.69, 9.17) is 4.74 Å². The molecule has 0 saturated carbocycles. The van der Waals surface area contributed by atoms with Crippen molar-refractivity contribution in [3.8, 4) is 11.5 Å². The van der Waals surface area contributed by atoms with Crippen LogP contribution in [0.25, 0.3) is 0 Å². The smallest absolute Gasteiger partial charge is 0.233 e. The third-order valence-corrected chi connectivity index (χ3v) is 2.55. The minimum Gasteiger partial charge on any atom is -0.507 e. The summed E-state index contributed by atoms with van der Waals surface area (Å²) in [4.78, 5) is 11.1. The molecule has 5 heteroatoms. The van der Waals surface area contributed by atoms with Gasteiger partial charge in [0.25, 0.3) is 0 Å². The number of likely N-dealkylation sites (N-methyl/N-ethyl adjacent to an activating group) is 1. The Kier molecular flexibility index (Phi) is 4.78. The molecule has 17 heavy (non-hydrogen) atoms. The number of carbonyl (C=O) groups excluding carboxylic acids is 1. The topological polar surface area (TPSA) is 70.6 Å². The highest BCUT2D eigenvalue weighted by Crippen LogP contribution is 2.27. The number of ether oxygens (including phenoxy) is 1. The van der Waals surface area contributed by atoms with Crippen LogP contribution in [0.15, 0.2) is 18.2 Å². The number of methoxy groups -OCH3 is 1. The number of phenolic OH excluding ortho intramolecular Hbond substituents is 1. The highest BCUT2D eigenvalue weighted by Gasteiger charge is 2.11. The van der Waals surface area contributed by atoms with E-state index < -0.39 is 0 Å². The molecule has 0 saturated heterocycles. The van der Waals surface area contributed by atoms with Gasteiger partial charge in [0.15, 0.2) is 0 Å². The van der Waals surface area contributed by atoms with Gasteiger partial charge in [-0.15, -0.1) is 0 Å². The van der Waals surface area contributed by atoms with E-state index in [-0.39, 0.29) is 24.2 Å². The summed E-state index contributed by atoms with van der Waals surface area (Å²) in [5.41, 5.74) is 0.731. The molecule has 0 radical (unpaired) electrons. The zero-order valence-corrected chi connectivity index (χ0v) is 10.3. The maximum Gasteiger partial charge on any atom is 0.233 e. The van der Waals surface area contributed by atoms with E-state index in [0.717, 1.165) is 5.56 Å². The standard InChI is InChI=1S/C12H18N2O3/c1-8(14-7-12(16)13-2)10-5-4-9(17-3)6-11(10)15/h4-6,8,14-15H,7H2,1-3H3,(H,13,16). The van der Waals surface area contributed by atoms with Gasteiger partial charge < -0.3 is 20.5 Å². The quantitative estimate of drug-likeness (QED) is 0.709. The molecule has 1 atom stereocenters. The largest absolute Gasteiger partial charge is 0.507 e. The molecule has 5 nitrogen and oxygen atoms in total. The Hall–Kier alpha value is -1.75. The Balaban J connectivity index is 2.68. The first-order chi connectivity index (χ1) is 8.08. The maximum atomic E-state index is 11.1. The minimum absolute atomic E-state index is 0.0927. The number of hydrogen-bond donors (Lipinski definition) is 3. The number of carbonyl (C=O) groups is 1. The zero-order chi connectivity index (χ0) is 12.8. The SMILES string of the molecule is CNC(=O)CNC(C)c1ccc(OC)cc1O. The number of hydrogen-bond acceptors (Lipinski definition) is 4. The van der Waals surface area contributed by atoms with Crippen molar-refractivity contribution in [3.05, 3.63) is 23.8 Å². The summed E-state index contributed by atoms with van der Waals surface area (Å²) in [6.45, 7) is 2.09. The molecule has 0 aromatic heterocycles. The van der Waals surface area contributed by atoms with Crippen molar-refractivity contribution in [1.82, 2.24) is 10.6 Å². The third-order valence-electron chi connectivity index (χ3n) is 2.55. The van der Waals surface area contributed by atoms with E-state index in [2.05, 4.69) is 10.6 Å². The number of amides is 1. The Morgan fingerprint density at radius 1 is 1.53 bits per heavy atom. The number of aromatic hydroxyl groups is 1. The van der Waals surface area contributed by atoms with Gasteiger partial charge in [-0.1, -0.05) is 6.07 Å². The van der Waals surface area contributed by atoms with Crippen LogP contribution >= 0.6 is 0 Å². The lowest BCUT2D eigenvalue weighted by Gasteiger charge is -2.15. The Morgan fingerprint density at radius 2 is 2.24 bits per heavy atom. The molecule has 1 aromatic carbocycles. The second-order valence-corrected chi connectivity index (χ2v) is 3.70. The Morgan fingerprint density at radius 3 is 2.76 bits per heavy atom. The fourth-order valence-corrected chi connectivity index (χ4v) is 1.46. The fraction of sp³-hybridized carbons (Fsp3) is 0.417. The average molecular weight is 238 g/mol. The Bertz CT molecular complexity index is 393. The second kappa shape index (κ2) is 6.10. The van der Waals surface area contributed by atoms with Gasteiger partial charge in [0.1, 0.15) is 11.5 Å². The van der Waals surface area contributed by atoms with Crippen molar-refractivity contribution in [2.24, 2.45) is 0 Å². The van der Waals surface area contributed by atoms with E-state index in [1.807, 2.05) is 6.92 Å². The van der Waals surface area contributed by atoms with Crippen molar-refractivity contribution in [2.45, 2.75) is 13.0 Å². The van der Waals surface area contributed by atoms with Gasteiger partial charge in [-0.25, -0.2) is 0 Å². The highest BCUT2D eigenvalue weighted by atomic mass is 16.5. The van der Waals surface area contributed by atoms with Gasteiger partial charge in [0.05, 0.1) is 13.7 Å². The minimum atomic E-state index is -0.113. The summed E-state index contributed by atoms with van der Waals surface area (Å²) in [5, 5.41) is 15.3. The molecule has 0 spiro atoms. The van der Waals surface area contributed by atoms with Crippen LogP contribution in [0.5, 0.6) is 11.5 Å². The molecule has 94 valence electrons. The average Bonchev–Trinajstić information content (AvgIpc) is 2.35. The molecule has 0 aliphatic rings. The lowest BCUT2D eigenvalue weighted by molar-refractivity contribution is -0.119. The van der Waals surface area contributed by atoms with Gasteiger partial charge in [0.2, 0.25) is 5.91 Å². The lowest BCUT2D eigenvalue weighted by atomic mass is 10.1. The molecule has 1 amide bonds. The molecule has 0 heterocycles. The van der Waals surface area contributed by atoms with Gasteiger partial charge in [-0.05, 0) is 13.0 Å². The number of nitrogens with one attached hydrogen (secondary N) is 2. The van der Waals surface area contributed by atoms with Gasteiger partial charge >= 0.3 is 0 Å². The predicted octanol–water partition coefficient (Wildman–Crippen LogP) is 0.797. The van der Waals surface area contributed by atoms with E-state index in [9.17, 15) is 9.90 Å². The summed E-state index contributed by atoms with van der Waals surface area (Å²) >= 11 is 0. The lowest BCUT2D eigenvalue weighted by Crippen LogP contribution is -2.32. The zero-order valence-electron chi connectivity index (χ0n) is 10.3. The number of phenols is 1. The van der Waals surface area contributed by atoms with Gasteiger partial charge in [-0.3, -0.25) is 4.79 Å². The molecule has 0 fully saturated rings. The molecule has 1 unspecified atom stereocenters. The highest BCUT2D eigenvalue weighted by molar-refractivity contribution is 5.77. The van der Waals surface area contributed by atoms with Crippen molar-refractivity contribution < 1.29 is 14.6 Å². The van der Waals surface area contributed by atoms with E-state index in [1.165, 1.54) is 0 Å². The van der Waals surface area contributed by atoms with Crippen LogP contribution in [-0.2, 0) is 4.79 Å². The first kappa shape index (κ1) is 13.3. The fourth-order valence-electron chi connectivity index (χ4n) is 1.46. The van der Waals surface area contributed by atoms with Crippen LogP contribution in [0, 0.1) is 0 Å². The normalized spacial score (nSPS) is 11.9. The van der Waals surface area contributed by atoms with E-state index in [0.29, 0.717) is 5.75 Å². The van der Waals surface area contributed by atoms with Crippen molar-refractivity contribution in [3.63, 3.8) is 0 Å². The predicted molar refractivity (Wildman–Crippen MR) is 65.1 cm³/mol. The van der Waals surface area contributed by atoms with Crippen LogP contribution in [0.4, 0.5) is 0 Å². The van der Waals surface area contributed by atoms with Crippen molar-refractivity contribution in [1.29, 1.82) is 0 Å². The van der Waals surface area contributed by atoms with Gasteiger partial charge in [-0.2, -0.15) is 0 Å². The molecular weight excluding hydrogens is 220 g/mol. The molecule has 0 bridgehead atoms. The van der Waals surface area contributed by atoms with Crippen LogP contribution in [0.3, 0.4) is 0 Å². The molecule has 0 aliphatic heterocycles. The molecule has 1 rings (SSSR count).